The van der Waals surface area contributed by atoms with Gasteiger partial charge in [-0.3, -0.25) is 9.69 Å². The molecule has 2 saturated heterocycles. The van der Waals surface area contributed by atoms with Gasteiger partial charge in [-0.1, -0.05) is 12.1 Å². The van der Waals surface area contributed by atoms with Crippen molar-refractivity contribution in [1.29, 1.82) is 0 Å². The molecule has 1 amide bonds. The molecule has 0 aliphatic carbocycles. The van der Waals surface area contributed by atoms with Gasteiger partial charge in [0, 0.05) is 19.6 Å². The van der Waals surface area contributed by atoms with Crippen molar-refractivity contribution in [2.45, 2.75) is 30.9 Å². The van der Waals surface area contributed by atoms with Crippen LogP contribution in [-0.2, 0) is 9.53 Å². The van der Waals surface area contributed by atoms with Crippen molar-refractivity contribution in [3.63, 3.8) is 0 Å². The Morgan fingerprint density at radius 3 is 2.54 bits per heavy atom. The topological polar surface area (TPSA) is 106 Å². The van der Waals surface area contributed by atoms with Gasteiger partial charge in [0.15, 0.2) is 11.6 Å². The average Bonchev–Trinajstić information content (AvgIpc) is 2.84. The van der Waals surface area contributed by atoms with E-state index in [-0.39, 0.29) is 63.1 Å². The Hall–Kier alpha value is -3.26. The number of amides is 1. The number of halogens is 5. The first kappa shape index (κ1) is 26.8. The lowest BCUT2D eigenvalue weighted by Crippen LogP contribution is -2.47. The van der Waals surface area contributed by atoms with E-state index >= 15 is 8.78 Å². The lowest BCUT2D eigenvalue weighted by atomic mass is 9.93. The minimum atomic E-state index is -4.81. The zero-order valence-corrected chi connectivity index (χ0v) is 19.8. The van der Waals surface area contributed by atoms with Crippen LogP contribution in [0.3, 0.4) is 0 Å². The molecule has 9 nitrogen and oxygen atoms in total. The molecule has 3 heterocycles. The van der Waals surface area contributed by atoms with E-state index in [9.17, 15) is 18.0 Å². The first-order valence-corrected chi connectivity index (χ1v) is 11.7. The molecule has 202 valence electrons. The highest BCUT2D eigenvalue weighted by molar-refractivity contribution is 5.75. The quantitative estimate of drug-likeness (QED) is 0.502. The van der Waals surface area contributed by atoms with Gasteiger partial charge < -0.3 is 25.4 Å². The molecule has 2 fully saturated rings. The number of carbonyl (C=O) groups is 1. The van der Waals surface area contributed by atoms with E-state index in [0.29, 0.717) is 18.7 Å². The van der Waals surface area contributed by atoms with Crippen molar-refractivity contribution < 1.29 is 36.2 Å². The van der Waals surface area contributed by atoms with E-state index in [2.05, 4.69) is 20.0 Å². The van der Waals surface area contributed by atoms with Gasteiger partial charge in [0.25, 0.3) is 0 Å². The van der Waals surface area contributed by atoms with E-state index < -0.39 is 29.8 Å². The summed E-state index contributed by atoms with van der Waals surface area (Å²) in [4.78, 5) is 22.5. The van der Waals surface area contributed by atoms with Crippen LogP contribution in [0.2, 0.25) is 0 Å². The Kier molecular flexibility index (Phi) is 7.97. The standard InChI is InChI=1S/C23H27F5N6O3/c24-19-20(30-13-22(25)5-7-33(8-6-22)11-18(29)35)31-14-32-21(19)34-9-10-36-12-17(34)15-1-3-16(4-2-15)37-23(26,27)28/h1-4,14,17H,5-13H2,(H2,29,35)(H,30,31,32)/t17-/m1/s1. The number of nitrogens with one attached hydrogen (secondary N) is 1. The highest BCUT2D eigenvalue weighted by atomic mass is 19.4. The predicted molar refractivity (Wildman–Crippen MR) is 123 cm³/mol. The number of anilines is 2. The number of nitrogens with zero attached hydrogens (tertiary/aromatic N) is 4. The molecule has 4 rings (SSSR count). The minimum Gasteiger partial charge on any atom is -0.406 e. The molecule has 0 saturated carbocycles. The number of primary amides is 1. The molecule has 2 aromatic rings. The van der Waals surface area contributed by atoms with Crippen molar-refractivity contribution in [3.05, 3.63) is 42.0 Å². The predicted octanol–water partition coefficient (Wildman–Crippen LogP) is 2.79. The van der Waals surface area contributed by atoms with Crippen molar-refractivity contribution in [2.24, 2.45) is 5.73 Å². The van der Waals surface area contributed by atoms with Crippen molar-refractivity contribution in [1.82, 2.24) is 14.9 Å². The number of likely N-dealkylation sites (tertiary alicyclic amines) is 1. The number of aromatic nitrogens is 2. The van der Waals surface area contributed by atoms with E-state index in [1.54, 1.807) is 9.80 Å². The first-order valence-electron chi connectivity index (χ1n) is 11.7. The second kappa shape index (κ2) is 11.0. The molecule has 1 aromatic heterocycles. The van der Waals surface area contributed by atoms with Crippen LogP contribution in [-0.4, -0.2) is 78.7 Å². The van der Waals surface area contributed by atoms with Crippen LogP contribution in [0.5, 0.6) is 5.75 Å². The molecule has 37 heavy (non-hydrogen) atoms. The summed E-state index contributed by atoms with van der Waals surface area (Å²) in [6.45, 7) is 1.28. The summed E-state index contributed by atoms with van der Waals surface area (Å²) < 4.78 is 77.6. The Morgan fingerprint density at radius 2 is 1.89 bits per heavy atom. The van der Waals surface area contributed by atoms with Gasteiger partial charge in [-0.05, 0) is 30.5 Å². The minimum absolute atomic E-state index is 0.0365. The zero-order chi connectivity index (χ0) is 26.6. The van der Waals surface area contributed by atoms with Crippen molar-refractivity contribution >= 4 is 17.5 Å². The Morgan fingerprint density at radius 1 is 1.19 bits per heavy atom. The summed E-state index contributed by atoms with van der Waals surface area (Å²) >= 11 is 0. The first-order chi connectivity index (χ1) is 17.5. The summed E-state index contributed by atoms with van der Waals surface area (Å²) in [6, 6.07) is 4.71. The van der Waals surface area contributed by atoms with Gasteiger partial charge in [0.05, 0.1) is 32.3 Å². The third kappa shape index (κ3) is 6.95. The molecule has 0 spiro atoms. The maximum absolute atomic E-state index is 15.5. The summed E-state index contributed by atoms with van der Waals surface area (Å²) in [5, 5.41) is 2.75. The van der Waals surface area contributed by atoms with Crippen LogP contribution < -0.4 is 20.7 Å². The Balaban J connectivity index is 1.45. The third-order valence-corrected chi connectivity index (χ3v) is 6.37. The molecule has 2 aliphatic heterocycles. The fraction of sp³-hybridized carbons (Fsp3) is 0.522. The summed E-state index contributed by atoms with van der Waals surface area (Å²) in [6.07, 6.45) is -3.36. The largest absolute Gasteiger partial charge is 0.573 e. The molecule has 0 radical (unpaired) electrons. The smallest absolute Gasteiger partial charge is 0.406 e. The van der Waals surface area contributed by atoms with Gasteiger partial charge >= 0.3 is 6.36 Å². The van der Waals surface area contributed by atoms with E-state index in [4.69, 9.17) is 10.5 Å². The Labute approximate surface area is 209 Å². The number of morpholine rings is 1. The van der Waals surface area contributed by atoms with E-state index in [1.165, 1.54) is 24.3 Å². The van der Waals surface area contributed by atoms with E-state index in [0.717, 1.165) is 6.33 Å². The van der Waals surface area contributed by atoms with Gasteiger partial charge in [0.2, 0.25) is 11.7 Å². The van der Waals surface area contributed by atoms with Crippen LogP contribution in [0, 0.1) is 5.82 Å². The van der Waals surface area contributed by atoms with Crippen LogP contribution >= 0.6 is 0 Å². The number of hydrogen-bond donors (Lipinski definition) is 2. The number of benzene rings is 1. The summed E-state index contributed by atoms with van der Waals surface area (Å²) in [5.74, 6) is -1.83. The van der Waals surface area contributed by atoms with Gasteiger partial charge in [0.1, 0.15) is 17.7 Å². The lowest BCUT2D eigenvalue weighted by molar-refractivity contribution is -0.274. The van der Waals surface area contributed by atoms with Crippen LogP contribution in [0.4, 0.5) is 33.6 Å². The number of rotatable bonds is 8. The maximum atomic E-state index is 15.5. The van der Waals surface area contributed by atoms with Crippen molar-refractivity contribution in [2.75, 3.05) is 56.2 Å². The number of piperidine rings is 1. The third-order valence-electron chi connectivity index (χ3n) is 6.37. The molecular formula is C23H27F5N6O3. The molecule has 2 aliphatic rings. The fourth-order valence-electron chi connectivity index (χ4n) is 4.46. The molecule has 14 heteroatoms. The molecule has 3 N–H and O–H groups in total. The number of alkyl halides is 4. The lowest BCUT2D eigenvalue weighted by Gasteiger charge is -2.37. The number of nitrogens with two attached hydrogens (primary N) is 1. The molecule has 0 bridgehead atoms. The number of ether oxygens (including phenoxy) is 2. The van der Waals surface area contributed by atoms with Gasteiger partial charge in [-0.15, -0.1) is 13.2 Å². The van der Waals surface area contributed by atoms with Crippen molar-refractivity contribution in [3.8, 4) is 5.75 Å². The fourth-order valence-corrected chi connectivity index (χ4v) is 4.46. The maximum Gasteiger partial charge on any atom is 0.573 e. The highest BCUT2D eigenvalue weighted by Crippen LogP contribution is 2.34. The van der Waals surface area contributed by atoms with E-state index in [1.807, 2.05) is 0 Å². The second-order valence-electron chi connectivity index (χ2n) is 9.01. The molecule has 1 aromatic carbocycles. The summed E-state index contributed by atoms with van der Waals surface area (Å²) in [5.41, 5.74) is 4.15. The average molecular weight is 530 g/mol. The Bertz CT molecular complexity index is 1080. The van der Waals surface area contributed by atoms with Crippen LogP contribution in [0.1, 0.15) is 24.4 Å². The zero-order valence-electron chi connectivity index (χ0n) is 19.8. The van der Waals surface area contributed by atoms with Crippen LogP contribution in [0.25, 0.3) is 0 Å². The normalized spacial score (nSPS) is 20.5. The molecule has 0 unspecified atom stereocenters. The number of hydrogen-bond acceptors (Lipinski definition) is 8. The van der Waals surface area contributed by atoms with Crippen LogP contribution in [0.15, 0.2) is 30.6 Å². The second-order valence-corrected chi connectivity index (χ2v) is 9.01. The monoisotopic (exact) mass is 530 g/mol. The molecular weight excluding hydrogens is 503 g/mol. The number of carbonyl (C=O) groups excluding carboxylic acids is 1. The van der Waals surface area contributed by atoms with Gasteiger partial charge in [-0.2, -0.15) is 4.39 Å². The molecule has 1 atom stereocenters. The summed E-state index contributed by atoms with van der Waals surface area (Å²) in [7, 11) is 0. The van der Waals surface area contributed by atoms with Gasteiger partial charge in [-0.25, -0.2) is 14.4 Å². The highest BCUT2D eigenvalue weighted by Gasteiger charge is 2.36. The SMILES string of the molecule is NC(=O)CN1CCC(F)(CNc2ncnc(N3CCOC[C@@H]3c3ccc(OC(F)(F)F)cc3)c2F)CC1.